The van der Waals surface area contributed by atoms with Gasteiger partial charge in [-0.25, -0.2) is 0 Å². The smallest absolute Gasteiger partial charge is 0.260 e. The highest BCUT2D eigenvalue weighted by atomic mass is 16.5. The minimum absolute atomic E-state index is 0.0287. The second-order valence-corrected chi connectivity index (χ2v) is 4.50. The number of benzene rings is 1. The Kier molecular flexibility index (Phi) is 4.20. The van der Waals surface area contributed by atoms with Crippen LogP contribution >= 0.6 is 0 Å². The molecule has 1 aliphatic rings. The summed E-state index contributed by atoms with van der Waals surface area (Å²) in [5.41, 5.74) is 2.12. The average molecular weight is 249 g/mol. The SMILES string of the molecule is Cc1cccc(C)c1OCC(=O)N1CCOCC1. The van der Waals surface area contributed by atoms with Gasteiger partial charge in [0.1, 0.15) is 5.75 Å². The first-order chi connectivity index (χ1) is 8.68. The molecular formula is C14H19NO3. The lowest BCUT2D eigenvalue weighted by atomic mass is 10.1. The summed E-state index contributed by atoms with van der Waals surface area (Å²) in [6, 6.07) is 5.96. The fourth-order valence-electron chi connectivity index (χ4n) is 2.06. The first kappa shape index (κ1) is 12.9. The Labute approximate surface area is 107 Å². The number of hydrogen-bond acceptors (Lipinski definition) is 3. The number of amides is 1. The Balaban J connectivity index is 1.92. The zero-order chi connectivity index (χ0) is 13.0. The number of ether oxygens (including phenoxy) is 2. The molecule has 1 saturated heterocycles. The summed E-state index contributed by atoms with van der Waals surface area (Å²) in [4.78, 5) is 13.7. The van der Waals surface area contributed by atoms with Crippen molar-refractivity contribution in [3.05, 3.63) is 29.3 Å². The lowest BCUT2D eigenvalue weighted by Crippen LogP contribution is -2.43. The lowest BCUT2D eigenvalue weighted by Gasteiger charge is -2.27. The van der Waals surface area contributed by atoms with E-state index in [9.17, 15) is 4.79 Å². The minimum atomic E-state index is 0.0287. The highest BCUT2D eigenvalue weighted by Crippen LogP contribution is 2.22. The Morgan fingerprint density at radius 2 is 1.89 bits per heavy atom. The Hall–Kier alpha value is -1.55. The van der Waals surface area contributed by atoms with Crippen molar-refractivity contribution in [1.82, 2.24) is 4.90 Å². The van der Waals surface area contributed by atoms with Gasteiger partial charge in [0.05, 0.1) is 13.2 Å². The molecule has 4 nitrogen and oxygen atoms in total. The summed E-state index contributed by atoms with van der Waals surface area (Å²) in [6.07, 6.45) is 0. The molecule has 0 saturated carbocycles. The van der Waals surface area contributed by atoms with Crippen LogP contribution in [0.3, 0.4) is 0 Å². The molecule has 0 spiro atoms. The van der Waals surface area contributed by atoms with Gasteiger partial charge in [-0.1, -0.05) is 18.2 Å². The first-order valence-electron chi connectivity index (χ1n) is 6.23. The van der Waals surface area contributed by atoms with E-state index in [0.717, 1.165) is 16.9 Å². The van der Waals surface area contributed by atoms with Crippen molar-refractivity contribution in [2.24, 2.45) is 0 Å². The van der Waals surface area contributed by atoms with E-state index in [1.54, 1.807) is 4.90 Å². The van der Waals surface area contributed by atoms with Crippen LogP contribution in [0.5, 0.6) is 5.75 Å². The third-order valence-corrected chi connectivity index (χ3v) is 3.11. The molecular weight excluding hydrogens is 230 g/mol. The summed E-state index contributed by atoms with van der Waals surface area (Å²) >= 11 is 0. The van der Waals surface area contributed by atoms with E-state index in [4.69, 9.17) is 9.47 Å². The summed E-state index contributed by atoms with van der Waals surface area (Å²) in [7, 11) is 0. The molecule has 4 heteroatoms. The summed E-state index contributed by atoms with van der Waals surface area (Å²) in [6.45, 7) is 6.64. The van der Waals surface area contributed by atoms with Crippen molar-refractivity contribution in [3.8, 4) is 5.75 Å². The van der Waals surface area contributed by atoms with Gasteiger partial charge in [-0.2, -0.15) is 0 Å². The van der Waals surface area contributed by atoms with Crippen molar-refractivity contribution in [2.75, 3.05) is 32.9 Å². The molecule has 1 heterocycles. The number of nitrogens with zero attached hydrogens (tertiary/aromatic N) is 1. The largest absolute Gasteiger partial charge is 0.483 e. The van der Waals surface area contributed by atoms with Crippen molar-refractivity contribution < 1.29 is 14.3 Å². The van der Waals surface area contributed by atoms with Gasteiger partial charge >= 0.3 is 0 Å². The van der Waals surface area contributed by atoms with Gasteiger partial charge in [-0.05, 0) is 25.0 Å². The molecule has 18 heavy (non-hydrogen) atoms. The number of para-hydroxylation sites is 1. The van der Waals surface area contributed by atoms with Crippen LogP contribution in [0.25, 0.3) is 0 Å². The van der Waals surface area contributed by atoms with E-state index >= 15 is 0 Å². The number of morpholine rings is 1. The molecule has 0 aromatic heterocycles. The second-order valence-electron chi connectivity index (χ2n) is 4.50. The fraction of sp³-hybridized carbons (Fsp3) is 0.500. The van der Waals surface area contributed by atoms with Gasteiger partial charge < -0.3 is 14.4 Å². The number of aryl methyl sites for hydroxylation is 2. The van der Waals surface area contributed by atoms with Crippen LogP contribution in [0, 0.1) is 13.8 Å². The van der Waals surface area contributed by atoms with E-state index in [-0.39, 0.29) is 12.5 Å². The number of carbonyl (C=O) groups excluding carboxylic acids is 1. The maximum Gasteiger partial charge on any atom is 0.260 e. The van der Waals surface area contributed by atoms with Crippen LogP contribution in [0.4, 0.5) is 0 Å². The minimum Gasteiger partial charge on any atom is -0.483 e. The molecule has 0 bridgehead atoms. The zero-order valence-corrected chi connectivity index (χ0v) is 10.9. The number of carbonyl (C=O) groups is 1. The van der Waals surface area contributed by atoms with Crippen LogP contribution in [0.2, 0.25) is 0 Å². The van der Waals surface area contributed by atoms with Crippen LogP contribution in [0.1, 0.15) is 11.1 Å². The third kappa shape index (κ3) is 3.01. The molecule has 0 unspecified atom stereocenters. The molecule has 0 aliphatic carbocycles. The molecule has 1 amide bonds. The van der Waals surface area contributed by atoms with Crippen molar-refractivity contribution in [3.63, 3.8) is 0 Å². The van der Waals surface area contributed by atoms with Gasteiger partial charge in [0.25, 0.3) is 5.91 Å². The first-order valence-corrected chi connectivity index (χ1v) is 6.23. The number of hydrogen-bond donors (Lipinski definition) is 0. The van der Waals surface area contributed by atoms with Crippen LogP contribution < -0.4 is 4.74 Å². The average Bonchev–Trinajstić information content (AvgIpc) is 2.39. The Morgan fingerprint density at radius 1 is 1.28 bits per heavy atom. The van der Waals surface area contributed by atoms with Crippen LogP contribution in [-0.4, -0.2) is 43.7 Å². The normalized spacial score (nSPS) is 15.6. The Morgan fingerprint density at radius 3 is 2.50 bits per heavy atom. The zero-order valence-electron chi connectivity index (χ0n) is 10.9. The summed E-state index contributed by atoms with van der Waals surface area (Å²) in [5, 5.41) is 0. The van der Waals surface area contributed by atoms with E-state index in [1.165, 1.54) is 0 Å². The summed E-state index contributed by atoms with van der Waals surface area (Å²) < 4.78 is 10.9. The van der Waals surface area contributed by atoms with Gasteiger partial charge in [0.15, 0.2) is 6.61 Å². The highest BCUT2D eigenvalue weighted by Gasteiger charge is 2.17. The predicted molar refractivity (Wildman–Crippen MR) is 68.8 cm³/mol. The number of rotatable bonds is 3. The van der Waals surface area contributed by atoms with Crippen molar-refractivity contribution in [1.29, 1.82) is 0 Å². The lowest BCUT2D eigenvalue weighted by molar-refractivity contribution is -0.137. The third-order valence-electron chi connectivity index (χ3n) is 3.11. The molecule has 1 aliphatic heterocycles. The second kappa shape index (κ2) is 5.87. The summed E-state index contributed by atoms with van der Waals surface area (Å²) in [5.74, 6) is 0.847. The molecule has 0 N–H and O–H groups in total. The van der Waals surface area contributed by atoms with E-state index in [1.807, 2.05) is 32.0 Å². The molecule has 1 fully saturated rings. The van der Waals surface area contributed by atoms with Crippen molar-refractivity contribution in [2.45, 2.75) is 13.8 Å². The van der Waals surface area contributed by atoms with E-state index in [0.29, 0.717) is 26.3 Å². The fourth-order valence-corrected chi connectivity index (χ4v) is 2.06. The van der Waals surface area contributed by atoms with Gasteiger partial charge in [-0.3, -0.25) is 4.79 Å². The molecule has 1 aromatic carbocycles. The maximum atomic E-state index is 11.9. The van der Waals surface area contributed by atoms with Gasteiger partial charge in [-0.15, -0.1) is 0 Å². The van der Waals surface area contributed by atoms with Gasteiger partial charge in [0, 0.05) is 13.1 Å². The molecule has 0 atom stereocenters. The highest BCUT2D eigenvalue weighted by molar-refractivity contribution is 5.78. The van der Waals surface area contributed by atoms with E-state index < -0.39 is 0 Å². The van der Waals surface area contributed by atoms with Crippen molar-refractivity contribution >= 4 is 5.91 Å². The van der Waals surface area contributed by atoms with E-state index in [2.05, 4.69) is 0 Å². The molecule has 2 rings (SSSR count). The predicted octanol–water partition coefficient (Wildman–Crippen LogP) is 1.54. The molecule has 98 valence electrons. The monoisotopic (exact) mass is 249 g/mol. The Bertz CT molecular complexity index is 405. The standard InChI is InChI=1S/C14H19NO3/c1-11-4-3-5-12(2)14(11)18-10-13(16)15-6-8-17-9-7-15/h3-5H,6-10H2,1-2H3. The van der Waals surface area contributed by atoms with Crippen LogP contribution in [-0.2, 0) is 9.53 Å². The molecule has 0 radical (unpaired) electrons. The van der Waals surface area contributed by atoms with Gasteiger partial charge in [0.2, 0.25) is 0 Å². The van der Waals surface area contributed by atoms with Crippen LogP contribution in [0.15, 0.2) is 18.2 Å². The maximum absolute atomic E-state index is 11.9. The topological polar surface area (TPSA) is 38.8 Å². The molecule has 1 aromatic rings. The quantitative estimate of drug-likeness (QED) is 0.815.